The Morgan fingerprint density at radius 2 is 2.05 bits per heavy atom. The highest BCUT2D eigenvalue weighted by Crippen LogP contribution is 2.30. The van der Waals surface area contributed by atoms with Crippen LogP contribution in [0, 0.1) is 3.57 Å². The van der Waals surface area contributed by atoms with Gasteiger partial charge in [0.15, 0.2) is 0 Å². The summed E-state index contributed by atoms with van der Waals surface area (Å²) in [4.78, 5) is 4.53. The minimum absolute atomic E-state index is 0.0548. The quantitative estimate of drug-likeness (QED) is 0.773. The standard InChI is InChI=1S/C16H19IN2O/c1-3-10-18-15(12-7-4-5-8-13(12)17)16-14(20-2)9-6-11-19-16/h4-9,11,15,18H,3,10H2,1-2H3. The summed E-state index contributed by atoms with van der Waals surface area (Å²) in [5, 5.41) is 3.57. The van der Waals surface area contributed by atoms with Crippen molar-refractivity contribution < 1.29 is 4.74 Å². The molecule has 0 bridgehead atoms. The number of pyridine rings is 1. The van der Waals surface area contributed by atoms with Gasteiger partial charge in [0.25, 0.3) is 0 Å². The van der Waals surface area contributed by atoms with E-state index in [-0.39, 0.29) is 6.04 Å². The van der Waals surface area contributed by atoms with E-state index in [1.165, 1.54) is 9.13 Å². The summed E-state index contributed by atoms with van der Waals surface area (Å²) in [5.74, 6) is 0.820. The van der Waals surface area contributed by atoms with E-state index in [0.717, 1.165) is 24.4 Å². The van der Waals surface area contributed by atoms with Gasteiger partial charge in [-0.1, -0.05) is 25.1 Å². The normalized spacial score (nSPS) is 12.2. The highest BCUT2D eigenvalue weighted by atomic mass is 127. The van der Waals surface area contributed by atoms with E-state index in [4.69, 9.17) is 4.74 Å². The molecular weight excluding hydrogens is 363 g/mol. The zero-order valence-electron chi connectivity index (χ0n) is 11.8. The van der Waals surface area contributed by atoms with E-state index in [1.54, 1.807) is 7.11 Å². The first-order valence-corrected chi connectivity index (χ1v) is 7.82. The van der Waals surface area contributed by atoms with Gasteiger partial charge >= 0.3 is 0 Å². The van der Waals surface area contributed by atoms with E-state index in [1.807, 2.05) is 18.3 Å². The van der Waals surface area contributed by atoms with Crippen molar-refractivity contribution in [3.63, 3.8) is 0 Å². The minimum Gasteiger partial charge on any atom is -0.495 e. The van der Waals surface area contributed by atoms with Crippen LogP contribution in [0.1, 0.15) is 30.6 Å². The summed E-state index contributed by atoms with van der Waals surface area (Å²) in [5.41, 5.74) is 2.17. The van der Waals surface area contributed by atoms with Gasteiger partial charge in [-0.25, -0.2) is 0 Å². The number of rotatable bonds is 6. The van der Waals surface area contributed by atoms with Crippen LogP contribution in [-0.4, -0.2) is 18.6 Å². The van der Waals surface area contributed by atoms with Crippen molar-refractivity contribution in [1.29, 1.82) is 0 Å². The largest absolute Gasteiger partial charge is 0.495 e. The fourth-order valence-corrected chi connectivity index (χ4v) is 2.84. The van der Waals surface area contributed by atoms with Crippen LogP contribution in [0.4, 0.5) is 0 Å². The lowest BCUT2D eigenvalue weighted by molar-refractivity contribution is 0.399. The molecule has 4 heteroatoms. The second-order valence-electron chi connectivity index (χ2n) is 4.50. The maximum Gasteiger partial charge on any atom is 0.142 e. The van der Waals surface area contributed by atoms with Gasteiger partial charge < -0.3 is 10.1 Å². The monoisotopic (exact) mass is 382 g/mol. The van der Waals surface area contributed by atoms with Crippen LogP contribution < -0.4 is 10.1 Å². The molecule has 0 aliphatic carbocycles. The number of benzene rings is 1. The Hall–Kier alpha value is -1.14. The Kier molecular flexibility index (Phi) is 5.79. The maximum atomic E-state index is 5.46. The third-order valence-corrected chi connectivity index (χ3v) is 4.09. The SMILES string of the molecule is CCCNC(c1ccccc1I)c1ncccc1OC. The van der Waals surface area contributed by atoms with Crippen molar-refractivity contribution in [2.75, 3.05) is 13.7 Å². The molecule has 3 nitrogen and oxygen atoms in total. The number of hydrogen-bond acceptors (Lipinski definition) is 3. The summed E-state index contributed by atoms with van der Waals surface area (Å²) in [7, 11) is 1.69. The van der Waals surface area contributed by atoms with E-state index >= 15 is 0 Å². The molecule has 1 atom stereocenters. The van der Waals surface area contributed by atoms with Gasteiger partial charge in [0.05, 0.1) is 13.2 Å². The average molecular weight is 382 g/mol. The molecule has 106 valence electrons. The Morgan fingerprint density at radius 3 is 2.75 bits per heavy atom. The third-order valence-electron chi connectivity index (χ3n) is 3.11. The topological polar surface area (TPSA) is 34.2 Å². The number of ether oxygens (including phenoxy) is 1. The smallest absolute Gasteiger partial charge is 0.142 e. The molecule has 2 aromatic rings. The molecule has 1 heterocycles. The molecule has 0 saturated heterocycles. The van der Waals surface area contributed by atoms with Crippen molar-refractivity contribution in [1.82, 2.24) is 10.3 Å². The van der Waals surface area contributed by atoms with Gasteiger partial charge in [-0.3, -0.25) is 4.98 Å². The van der Waals surface area contributed by atoms with Gasteiger partial charge in [-0.2, -0.15) is 0 Å². The summed E-state index contributed by atoms with van der Waals surface area (Å²) in [6.07, 6.45) is 2.89. The number of nitrogens with zero attached hydrogens (tertiary/aromatic N) is 1. The molecule has 0 aliphatic heterocycles. The van der Waals surface area contributed by atoms with E-state index in [0.29, 0.717) is 0 Å². The number of aromatic nitrogens is 1. The zero-order valence-corrected chi connectivity index (χ0v) is 13.9. The van der Waals surface area contributed by atoms with Crippen molar-refractivity contribution in [3.05, 3.63) is 57.4 Å². The lowest BCUT2D eigenvalue weighted by Gasteiger charge is -2.21. The van der Waals surface area contributed by atoms with Crippen LogP contribution in [0.15, 0.2) is 42.6 Å². The van der Waals surface area contributed by atoms with Crippen LogP contribution in [-0.2, 0) is 0 Å². The molecule has 1 aromatic carbocycles. The second-order valence-corrected chi connectivity index (χ2v) is 5.66. The predicted molar refractivity (Wildman–Crippen MR) is 90.1 cm³/mol. The van der Waals surface area contributed by atoms with Crippen LogP contribution >= 0.6 is 22.6 Å². The molecule has 1 aromatic heterocycles. The molecule has 1 unspecified atom stereocenters. The second kappa shape index (κ2) is 7.59. The summed E-state index contributed by atoms with van der Waals surface area (Å²) >= 11 is 2.37. The molecule has 0 fully saturated rings. The van der Waals surface area contributed by atoms with Crippen LogP contribution in [0.5, 0.6) is 5.75 Å². The highest BCUT2D eigenvalue weighted by molar-refractivity contribution is 14.1. The Balaban J connectivity index is 2.44. The van der Waals surface area contributed by atoms with E-state index < -0.39 is 0 Å². The van der Waals surface area contributed by atoms with Gasteiger partial charge in [-0.15, -0.1) is 0 Å². The lowest BCUT2D eigenvalue weighted by Crippen LogP contribution is -2.25. The number of hydrogen-bond donors (Lipinski definition) is 1. The maximum absolute atomic E-state index is 5.46. The Labute approximate surface area is 133 Å². The van der Waals surface area contributed by atoms with Crippen LogP contribution in [0.25, 0.3) is 0 Å². The van der Waals surface area contributed by atoms with E-state index in [9.17, 15) is 0 Å². The number of nitrogens with one attached hydrogen (secondary N) is 1. The Morgan fingerprint density at radius 1 is 1.25 bits per heavy atom. The van der Waals surface area contributed by atoms with Crippen molar-refractivity contribution >= 4 is 22.6 Å². The molecule has 0 saturated carbocycles. The number of halogens is 1. The van der Waals surface area contributed by atoms with Gasteiger partial charge in [0, 0.05) is 9.77 Å². The first kappa shape index (κ1) is 15.3. The highest BCUT2D eigenvalue weighted by Gasteiger charge is 2.20. The third kappa shape index (κ3) is 3.49. The molecule has 0 spiro atoms. The van der Waals surface area contributed by atoms with Crippen LogP contribution in [0.2, 0.25) is 0 Å². The molecular formula is C16H19IN2O. The lowest BCUT2D eigenvalue weighted by atomic mass is 10.0. The van der Waals surface area contributed by atoms with Gasteiger partial charge in [-0.05, 0) is 59.3 Å². The first-order chi connectivity index (χ1) is 9.77. The minimum atomic E-state index is 0.0548. The molecule has 0 amide bonds. The molecule has 1 N–H and O–H groups in total. The van der Waals surface area contributed by atoms with Crippen molar-refractivity contribution in [2.45, 2.75) is 19.4 Å². The van der Waals surface area contributed by atoms with Gasteiger partial charge in [0.1, 0.15) is 11.4 Å². The molecule has 20 heavy (non-hydrogen) atoms. The van der Waals surface area contributed by atoms with Crippen molar-refractivity contribution in [2.24, 2.45) is 0 Å². The first-order valence-electron chi connectivity index (χ1n) is 6.74. The predicted octanol–water partition coefficient (Wildman–Crippen LogP) is 3.78. The fourth-order valence-electron chi connectivity index (χ4n) is 2.14. The Bertz CT molecular complexity index is 560. The van der Waals surface area contributed by atoms with Gasteiger partial charge in [0.2, 0.25) is 0 Å². The number of methoxy groups -OCH3 is 1. The van der Waals surface area contributed by atoms with E-state index in [2.05, 4.69) is 64.1 Å². The molecule has 0 aliphatic rings. The zero-order chi connectivity index (χ0) is 14.4. The molecule has 0 radical (unpaired) electrons. The average Bonchev–Trinajstić information content (AvgIpc) is 2.49. The van der Waals surface area contributed by atoms with Crippen molar-refractivity contribution in [3.8, 4) is 5.75 Å². The van der Waals surface area contributed by atoms with Crippen LogP contribution in [0.3, 0.4) is 0 Å². The summed E-state index contributed by atoms with van der Waals surface area (Å²) < 4.78 is 6.69. The summed E-state index contributed by atoms with van der Waals surface area (Å²) in [6, 6.07) is 12.3. The molecule has 2 rings (SSSR count). The fraction of sp³-hybridized carbons (Fsp3) is 0.312. The summed E-state index contributed by atoms with van der Waals surface area (Å²) in [6.45, 7) is 3.10.